The van der Waals surface area contributed by atoms with Gasteiger partial charge >= 0.3 is 5.97 Å². The third-order valence-electron chi connectivity index (χ3n) is 3.20. The van der Waals surface area contributed by atoms with Crippen molar-refractivity contribution in [2.75, 3.05) is 6.61 Å². The van der Waals surface area contributed by atoms with Gasteiger partial charge in [0, 0.05) is 12.0 Å². The van der Waals surface area contributed by atoms with Crippen molar-refractivity contribution in [3.8, 4) is 0 Å². The Morgan fingerprint density at radius 3 is 1.88 bits per heavy atom. The quantitative estimate of drug-likeness (QED) is 0.713. The first kappa shape index (κ1) is 19.6. The Bertz CT molecular complexity index is 619. The minimum Gasteiger partial charge on any atom is -0.478 e. The molecule has 0 heterocycles. The molecule has 1 unspecified atom stereocenters. The van der Waals surface area contributed by atoms with Gasteiger partial charge in [0.15, 0.2) is 0 Å². The van der Waals surface area contributed by atoms with Crippen molar-refractivity contribution >= 4 is 5.97 Å². The van der Waals surface area contributed by atoms with Gasteiger partial charge < -0.3 is 15.3 Å². The maximum absolute atomic E-state index is 11.3. The lowest BCUT2D eigenvalue weighted by Crippen LogP contribution is -2.04. The molecule has 0 saturated heterocycles. The lowest BCUT2D eigenvalue weighted by Gasteiger charge is -2.03. The van der Waals surface area contributed by atoms with Crippen LogP contribution in [0.15, 0.2) is 72.3 Å². The molecule has 2 aromatic carbocycles. The van der Waals surface area contributed by atoms with Crippen molar-refractivity contribution in [3.63, 3.8) is 0 Å². The summed E-state index contributed by atoms with van der Waals surface area (Å²) >= 11 is 0. The second-order valence-corrected chi connectivity index (χ2v) is 5.42. The van der Waals surface area contributed by atoms with Crippen molar-refractivity contribution in [2.24, 2.45) is 0 Å². The maximum atomic E-state index is 11.3. The van der Waals surface area contributed by atoms with E-state index in [1.165, 1.54) is 6.92 Å². The van der Waals surface area contributed by atoms with Crippen LogP contribution in [0.5, 0.6) is 0 Å². The zero-order chi connectivity index (χ0) is 17.8. The van der Waals surface area contributed by atoms with E-state index in [9.17, 15) is 9.90 Å². The Balaban J connectivity index is 0.000000505. The number of aliphatic hydroxyl groups is 2. The Kier molecular flexibility index (Phi) is 9.12. The molecular weight excluding hydrogens is 304 g/mol. The lowest BCUT2D eigenvalue weighted by atomic mass is 10.0. The fourth-order valence-corrected chi connectivity index (χ4v) is 1.91. The molecule has 1 atom stereocenters. The smallest absolute Gasteiger partial charge is 0.331 e. The highest BCUT2D eigenvalue weighted by atomic mass is 16.4. The van der Waals surface area contributed by atoms with Gasteiger partial charge in [0.1, 0.15) is 0 Å². The first-order valence-electron chi connectivity index (χ1n) is 7.82. The number of benzene rings is 2. The molecule has 0 radical (unpaired) electrons. The topological polar surface area (TPSA) is 77.8 Å². The zero-order valence-corrected chi connectivity index (χ0v) is 13.8. The molecule has 0 fully saturated rings. The van der Waals surface area contributed by atoms with Gasteiger partial charge in [0.25, 0.3) is 0 Å². The summed E-state index contributed by atoms with van der Waals surface area (Å²) in [4.78, 5) is 11.3. The van der Waals surface area contributed by atoms with Crippen molar-refractivity contribution in [1.82, 2.24) is 0 Å². The normalized spacial score (nSPS) is 12.0. The van der Waals surface area contributed by atoms with Crippen LogP contribution in [0.3, 0.4) is 0 Å². The highest BCUT2D eigenvalue weighted by Gasteiger charge is 2.07. The number of aliphatic hydroxyl groups excluding tert-OH is 2. The lowest BCUT2D eigenvalue weighted by molar-refractivity contribution is -0.132. The fourth-order valence-electron chi connectivity index (χ4n) is 1.91. The summed E-state index contributed by atoms with van der Waals surface area (Å²) in [6.45, 7) is 1.39. The summed E-state index contributed by atoms with van der Waals surface area (Å²) in [5, 5.41) is 25.2. The van der Waals surface area contributed by atoms with Crippen molar-refractivity contribution in [2.45, 2.75) is 25.9 Å². The molecule has 2 rings (SSSR count). The van der Waals surface area contributed by atoms with E-state index in [-0.39, 0.29) is 6.61 Å². The van der Waals surface area contributed by atoms with E-state index in [1.807, 2.05) is 60.7 Å². The van der Waals surface area contributed by atoms with Gasteiger partial charge in [-0.3, -0.25) is 0 Å². The van der Waals surface area contributed by atoms with E-state index in [0.717, 1.165) is 11.1 Å². The third-order valence-corrected chi connectivity index (χ3v) is 3.20. The van der Waals surface area contributed by atoms with E-state index in [4.69, 9.17) is 10.2 Å². The number of hydrogen-bond donors (Lipinski definition) is 3. The van der Waals surface area contributed by atoms with E-state index >= 15 is 0 Å². The number of carbonyl (C=O) groups is 1. The second-order valence-electron chi connectivity index (χ2n) is 5.42. The van der Waals surface area contributed by atoms with Crippen LogP contribution >= 0.6 is 0 Å². The summed E-state index contributed by atoms with van der Waals surface area (Å²) in [5.74, 6) is -0.847. The molecule has 0 saturated carbocycles. The molecule has 0 aliphatic rings. The van der Waals surface area contributed by atoms with Gasteiger partial charge in [-0.15, -0.1) is 0 Å². The molecule has 0 aliphatic heterocycles. The van der Waals surface area contributed by atoms with Crippen LogP contribution in [0.4, 0.5) is 0 Å². The summed E-state index contributed by atoms with van der Waals surface area (Å²) in [6.07, 6.45) is 2.35. The first-order valence-corrected chi connectivity index (χ1v) is 7.82. The molecule has 4 nitrogen and oxygen atoms in total. The van der Waals surface area contributed by atoms with Gasteiger partial charge in [-0.1, -0.05) is 66.7 Å². The van der Waals surface area contributed by atoms with Gasteiger partial charge in [-0.25, -0.2) is 4.79 Å². The Morgan fingerprint density at radius 1 is 1.00 bits per heavy atom. The van der Waals surface area contributed by atoms with Gasteiger partial charge in [-0.2, -0.15) is 0 Å². The van der Waals surface area contributed by atoms with Crippen LogP contribution in [0.2, 0.25) is 0 Å². The molecule has 0 spiro atoms. The van der Waals surface area contributed by atoms with E-state index < -0.39 is 12.1 Å². The third kappa shape index (κ3) is 8.27. The van der Waals surface area contributed by atoms with Crippen LogP contribution in [-0.4, -0.2) is 34.0 Å². The second kappa shape index (κ2) is 11.2. The highest BCUT2D eigenvalue weighted by Crippen LogP contribution is 2.10. The maximum Gasteiger partial charge on any atom is 0.331 e. The molecule has 3 N–H and O–H groups in total. The first-order chi connectivity index (χ1) is 11.5. The molecule has 0 aromatic heterocycles. The van der Waals surface area contributed by atoms with Crippen molar-refractivity contribution in [1.29, 1.82) is 0 Å². The Labute approximate surface area is 142 Å². The predicted octanol–water partition coefficient (Wildman–Crippen LogP) is 2.84. The van der Waals surface area contributed by atoms with Crippen LogP contribution in [0.1, 0.15) is 18.1 Å². The van der Waals surface area contributed by atoms with Crippen LogP contribution in [0, 0.1) is 0 Å². The molecule has 0 aliphatic carbocycles. The van der Waals surface area contributed by atoms with E-state index in [0.29, 0.717) is 18.4 Å². The molecule has 128 valence electrons. The molecule has 2 aromatic rings. The fraction of sp³-hybridized carbons (Fsp3) is 0.250. The predicted molar refractivity (Wildman–Crippen MR) is 94.8 cm³/mol. The van der Waals surface area contributed by atoms with Crippen LogP contribution in [-0.2, 0) is 17.6 Å². The SMILES string of the molecule is CC(O)CO.O=C(O)C(=CCc1ccccc1)Cc1ccccc1. The number of carboxylic acid groups (broad SMARTS) is 1. The molecular formula is C20H24O4. The molecule has 0 amide bonds. The average molecular weight is 328 g/mol. The van der Waals surface area contributed by atoms with Crippen molar-refractivity contribution in [3.05, 3.63) is 83.4 Å². The van der Waals surface area contributed by atoms with Gasteiger partial charge in [0.2, 0.25) is 0 Å². The van der Waals surface area contributed by atoms with E-state index in [2.05, 4.69) is 0 Å². The highest BCUT2D eigenvalue weighted by molar-refractivity contribution is 5.87. The Hall–Kier alpha value is -2.43. The molecule has 24 heavy (non-hydrogen) atoms. The number of allylic oxidation sites excluding steroid dienone is 1. The number of rotatable bonds is 6. The van der Waals surface area contributed by atoms with Gasteiger partial charge in [0.05, 0.1) is 12.7 Å². The summed E-state index contributed by atoms with van der Waals surface area (Å²) in [6, 6.07) is 19.5. The van der Waals surface area contributed by atoms with Gasteiger partial charge in [-0.05, 0) is 24.5 Å². The molecule has 4 heteroatoms. The number of aliphatic carboxylic acids is 1. The van der Waals surface area contributed by atoms with Crippen LogP contribution < -0.4 is 0 Å². The minimum atomic E-state index is -0.847. The standard InChI is InChI=1S/C17H16O2.C3H8O2/c18-17(19)16(13-15-9-5-2-6-10-15)12-11-14-7-3-1-4-8-14;1-3(5)2-4/h1-10,12H,11,13H2,(H,18,19);3-5H,2H2,1H3. The zero-order valence-electron chi connectivity index (χ0n) is 13.8. The Morgan fingerprint density at radius 2 is 1.46 bits per heavy atom. The van der Waals surface area contributed by atoms with Crippen molar-refractivity contribution < 1.29 is 20.1 Å². The monoisotopic (exact) mass is 328 g/mol. The largest absolute Gasteiger partial charge is 0.478 e. The average Bonchev–Trinajstić information content (AvgIpc) is 2.60. The van der Waals surface area contributed by atoms with Crippen LogP contribution in [0.25, 0.3) is 0 Å². The number of hydrogen-bond acceptors (Lipinski definition) is 3. The summed E-state index contributed by atoms with van der Waals surface area (Å²) in [7, 11) is 0. The summed E-state index contributed by atoms with van der Waals surface area (Å²) in [5.41, 5.74) is 2.58. The number of carboxylic acids is 1. The molecule has 0 bridgehead atoms. The van der Waals surface area contributed by atoms with E-state index in [1.54, 1.807) is 6.08 Å². The minimum absolute atomic E-state index is 0.139. The summed E-state index contributed by atoms with van der Waals surface area (Å²) < 4.78 is 0.